The van der Waals surface area contributed by atoms with Gasteiger partial charge in [0.1, 0.15) is 23.7 Å². The van der Waals surface area contributed by atoms with Crippen LogP contribution in [0.1, 0.15) is 11.1 Å². The molecule has 0 aliphatic rings. The molecule has 0 fully saturated rings. The first-order valence-electron chi connectivity index (χ1n) is 7.98. The highest BCUT2D eigenvalue weighted by molar-refractivity contribution is 5.81. The second kappa shape index (κ2) is 8.06. The fourth-order valence-electron chi connectivity index (χ4n) is 2.42. The average Bonchev–Trinajstić information content (AvgIpc) is 2.70. The summed E-state index contributed by atoms with van der Waals surface area (Å²) in [6.45, 7) is -0.386. The molecule has 7 heteroatoms. The highest BCUT2D eigenvalue weighted by atomic mass is 16.6. The van der Waals surface area contributed by atoms with Gasteiger partial charge in [-0.15, -0.1) is 0 Å². The first-order valence-corrected chi connectivity index (χ1v) is 7.98. The lowest BCUT2D eigenvalue weighted by molar-refractivity contribution is -0.147. The monoisotopic (exact) mass is 365 g/mol. The minimum atomic E-state index is -0.589. The third kappa shape index (κ3) is 4.44. The van der Waals surface area contributed by atoms with Crippen LogP contribution in [0.3, 0.4) is 0 Å². The van der Waals surface area contributed by atoms with Gasteiger partial charge in [0.15, 0.2) is 6.61 Å². The summed E-state index contributed by atoms with van der Waals surface area (Å²) in [4.78, 5) is 23.6. The van der Waals surface area contributed by atoms with E-state index in [2.05, 4.69) is 0 Å². The first-order chi connectivity index (χ1) is 13.1. The van der Waals surface area contributed by atoms with E-state index in [-0.39, 0.29) is 13.2 Å². The summed E-state index contributed by atoms with van der Waals surface area (Å²) in [7, 11) is 1.51. The van der Waals surface area contributed by atoms with E-state index < -0.39 is 11.6 Å². The maximum Gasteiger partial charge on any atom is 0.344 e. The summed E-state index contributed by atoms with van der Waals surface area (Å²) in [5.74, 6) is 0.411. The lowest BCUT2D eigenvalue weighted by Gasteiger charge is -2.09. The number of carbonyl (C=O) groups is 1. The van der Waals surface area contributed by atoms with Gasteiger partial charge < -0.3 is 18.6 Å². The van der Waals surface area contributed by atoms with Crippen LogP contribution in [0, 0.1) is 11.3 Å². The van der Waals surface area contributed by atoms with Gasteiger partial charge in [0.25, 0.3) is 0 Å². The SMILES string of the molecule is COc1ccc2c(COC(=O)COc3ccc(C#N)cc3)cc(=O)oc2c1. The molecule has 136 valence electrons. The molecule has 0 amide bonds. The third-order valence-corrected chi connectivity index (χ3v) is 3.77. The average molecular weight is 365 g/mol. The Morgan fingerprint density at radius 3 is 2.56 bits per heavy atom. The van der Waals surface area contributed by atoms with Crippen molar-refractivity contribution < 1.29 is 23.4 Å². The molecule has 0 aliphatic carbocycles. The fourth-order valence-corrected chi connectivity index (χ4v) is 2.42. The molecule has 0 atom stereocenters. The quantitative estimate of drug-likeness (QED) is 0.489. The van der Waals surface area contributed by atoms with Gasteiger partial charge >= 0.3 is 11.6 Å². The highest BCUT2D eigenvalue weighted by Crippen LogP contribution is 2.23. The molecule has 1 aromatic heterocycles. The van der Waals surface area contributed by atoms with Gasteiger partial charge in [-0.25, -0.2) is 9.59 Å². The van der Waals surface area contributed by atoms with E-state index in [1.165, 1.54) is 13.2 Å². The zero-order chi connectivity index (χ0) is 19.2. The van der Waals surface area contributed by atoms with Crippen LogP contribution in [0.4, 0.5) is 0 Å². The van der Waals surface area contributed by atoms with Crippen molar-refractivity contribution in [3.05, 3.63) is 70.1 Å². The lowest BCUT2D eigenvalue weighted by Crippen LogP contribution is -2.15. The molecule has 0 N–H and O–H groups in total. The topological polar surface area (TPSA) is 98.8 Å². The standard InChI is InChI=1S/C20H15NO6/c1-24-16-6-7-17-14(8-19(22)27-18(17)9-16)11-26-20(23)12-25-15-4-2-13(10-21)3-5-15/h2-9H,11-12H2,1H3. The molecule has 0 saturated carbocycles. The number of esters is 1. The number of carbonyl (C=O) groups excluding carboxylic acids is 1. The zero-order valence-corrected chi connectivity index (χ0v) is 14.4. The molecule has 7 nitrogen and oxygen atoms in total. The normalized spacial score (nSPS) is 10.2. The molecule has 1 heterocycles. The molecular formula is C20H15NO6. The Morgan fingerprint density at radius 1 is 1.11 bits per heavy atom. The van der Waals surface area contributed by atoms with Crippen molar-refractivity contribution >= 4 is 16.9 Å². The van der Waals surface area contributed by atoms with Crippen LogP contribution in [0.2, 0.25) is 0 Å². The molecule has 0 aliphatic heterocycles. The predicted octanol–water partition coefficient (Wildman–Crippen LogP) is 2.80. The Labute approximate surface area is 154 Å². The van der Waals surface area contributed by atoms with Gasteiger partial charge in [-0.2, -0.15) is 5.26 Å². The van der Waals surface area contributed by atoms with E-state index in [1.807, 2.05) is 6.07 Å². The van der Waals surface area contributed by atoms with Gasteiger partial charge in [0.05, 0.1) is 18.7 Å². The molecule has 27 heavy (non-hydrogen) atoms. The number of hydrogen-bond acceptors (Lipinski definition) is 7. The second-order valence-electron chi connectivity index (χ2n) is 5.54. The van der Waals surface area contributed by atoms with Gasteiger partial charge in [0.2, 0.25) is 0 Å². The number of rotatable bonds is 6. The van der Waals surface area contributed by atoms with E-state index in [9.17, 15) is 9.59 Å². The Bertz CT molecular complexity index is 1060. The number of ether oxygens (including phenoxy) is 3. The molecule has 0 saturated heterocycles. The van der Waals surface area contributed by atoms with Crippen LogP contribution in [0.15, 0.2) is 57.7 Å². The van der Waals surface area contributed by atoms with Crippen LogP contribution in [0.25, 0.3) is 11.0 Å². The first kappa shape index (κ1) is 18.0. The molecule has 3 aromatic rings. The number of nitrogens with zero attached hydrogens (tertiary/aromatic N) is 1. The molecule has 0 unspecified atom stereocenters. The fraction of sp³-hybridized carbons (Fsp3) is 0.150. The predicted molar refractivity (Wildman–Crippen MR) is 95.5 cm³/mol. The number of fused-ring (bicyclic) bond motifs is 1. The smallest absolute Gasteiger partial charge is 0.344 e. The molecule has 0 radical (unpaired) electrons. The molecule has 2 aromatic carbocycles. The van der Waals surface area contributed by atoms with Crippen molar-refractivity contribution in [1.29, 1.82) is 5.26 Å². The van der Waals surface area contributed by atoms with E-state index in [4.69, 9.17) is 23.9 Å². The summed E-state index contributed by atoms with van der Waals surface area (Å²) < 4.78 is 20.8. The van der Waals surface area contributed by atoms with Crippen LogP contribution in [-0.2, 0) is 16.1 Å². The maximum absolute atomic E-state index is 11.9. The van der Waals surface area contributed by atoms with Crippen molar-refractivity contribution in [3.63, 3.8) is 0 Å². The van der Waals surface area contributed by atoms with Crippen LogP contribution in [0.5, 0.6) is 11.5 Å². The van der Waals surface area contributed by atoms with Gasteiger partial charge in [0, 0.05) is 23.1 Å². The van der Waals surface area contributed by atoms with Gasteiger partial charge in [-0.05, 0) is 36.4 Å². The summed E-state index contributed by atoms with van der Waals surface area (Å²) in [6.07, 6.45) is 0. The number of nitriles is 1. The summed E-state index contributed by atoms with van der Waals surface area (Å²) in [6, 6.07) is 14.7. The second-order valence-corrected chi connectivity index (χ2v) is 5.54. The number of benzene rings is 2. The third-order valence-electron chi connectivity index (χ3n) is 3.77. The van der Waals surface area contributed by atoms with Crippen molar-refractivity contribution in [2.75, 3.05) is 13.7 Å². The Kier molecular flexibility index (Phi) is 5.38. The van der Waals surface area contributed by atoms with E-state index >= 15 is 0 Å². The van der Waals surface area contributed by atoms with Crippen molar-refractivity contribution in [1.82, 2.24) is 0 Å². The van der Waals surface area contributed by atoms with Gasteiger partial charge in [-0.3, -0.25) is 0 Å². The molecule has 0 spiro atoms. The van der Waals surface area contributed by atoms with Crippen LogP contribution < -0.4 is 15.1 Å². The Balaban J connectivity index is 1.64. The summed E-state index contributed by atoms with van der Waals surface area (Å²) >= 11 is 0. The minimum absolute atomic E-state index is 0.0933. The van der Waals surface area contributed by atoms with Crippen LogP contribution in [-0.4, -0.2) is 19.7 Å². The molecule has 0 bridgehead atoms. The molecular weight excluding hydrogens is 350 g/mol. The Hall–Kier alpha value is -3.79. The van der Waals surface area contributed by atoms with Crippen LogP contribution >= 0.6 is 0 Å². The Morgan fingerprint density at radius 2 is 1.85 bits per heavy atom. The van der Waals surface area contributed by atoms with E-state index in [0.717, 1.165) is 0 Å². The van der Waals surface area contributed by atoms with Crippen molar-refractivity contribution in [2.45, 2.75) is 6.61 Å². The summed E-state index contributed by atoms with van der Waals surface area (Å²) in [5, 5.41) is 9.40. The zero-order valence-electron chi connectivity index (χ0n) is 14.4. The minimum Gasteiger partial charge on any atom is -0.497 e. The lowest BCUT2D eigenvalue weighted by atomic mass is 10.1. The molecule has 3 rings (SSSR count). The number of methoxy groups -OCH3 is 1. The maximum atomic E-state index is 11.9. The van der Waals surface area contributed by atoms with Crippen molar-refractivity contribution in [2.24, 2.45) is 0 Å². The number of hydrogen-bond donors (Lipinski definition) is 0. The highest BCUT2D eigenvalue weighted by Gasteiger charge is 2.10. The van der Waals surface area contributed by atoms with E-state index in [1.54, 1.807) is 42.5 Å². The van der Waals surface area contributed by atoms with Gasteiger partial charge in [-0.1, -0.05) is 0 Å². The van der Waals surface area contributed by atoms with Crippen molar-refractivity contribution in [3.8, 4) is 17.6 Å². The largest absolute Gasteiger partial charge is 0.497 e. The van der Waals surface area contributed by atoms with E-state index in [0.29, 0.717) is 33.6 Å². The summed E-state index contributed by atoms with van der Waals surface area (Å²) in [5.41, 5.74) is 0.823.